The zero-order chi connectivity index (χ0) is 11.0. The van der Waals surface area contributed by atoms with E-state index in [2.05, 4.69) is 15.2 Å². The Morgan fingerprint density at radius 1 is 1.06 bits per heavy atom. The summed E-state index contributed by atoms with van der Waals surface area (Å²) in [4.78, 5) is 4.06. The zero-order valence-corrected chi connectivity index (χ0v) is 8.29. The van der Waals surface area contributed by atoms with E-state index in [-0.39, 0.29) is 0 Å². The third kappa shape index (κ3) is 1.22. The quantitative estimate of drug-likeness (QED) is 0.666. The number of rotatable bonds is 1. The summed E-state index contributed by atoms with van der Waals surface area (Å²) in [6.07, 6.45) is 3.07. The number of anilines is 1. The molecule has 0 saturated carbocycles. The van der Waals surface area contributed by atoms with Gasteiger partial charge in [0.25, 0.3) is 0 Å². The molecular formula is C11H8N4O. The molecule has 2 heterocycles. The fourth-order valence-corrected chi connectivity index (χ4v) is 1.62. The van der Waals surface area contributed by atoms with Crippen molar-refractivity contribution in [2.75, 3.05) is 5.73 Å². The average molecular weight is 212 g/mol. The van der Waals surface area contributed by atoms with Gasteiger partial charge in [0.2, 0.25) is 5.89 Å². The monoisotopic (exact) mass is 212 g/mol. The highest BCUT2D eigenvalue weighted by atomic mass is 16.3. The number of nitrogens with zero attached hydrogens (tertiary/aromatic N) is 3. The summed E-state index contributed by atoms with van der Waals surface area (Å²) < 4.78 is 5.21. The number of nitrogen functional groups attached to an aromatic ring is 1. The van der Waals surface area contributed by atoms with E-state index in [0.717, 1.165) is 10.8 Å². The minimum Gasteiger partial charge on any atom is -0.443 e. The van der Waals surface area contributed by atoms with Crippen LogP contribution in [0.1, 0.15) is 0 Å². The lowest BCUT2D eigenvalue weighted by Gasteiger charge is -2.02. The van der Waals surface area contributed by atoms with E-state index in [0.29, 0.717) is 17.4 Å². The molecule has 2 aromatic heterocycles. The smallest absolute Gasteiger partial charge is 0.247 e. The molecule has 0 aliphatic rings. The molecule has 3 aromatic rings. The predicted molar refractivity (Wildman–Crippen MR) is 59.4 cm³/mol. The van der Waals surface area contributed by atoms with Gasteiger partial charge in [-0.3, -0.25) is 0 Å². The van der Waals surface area contributed by atoms with Gasteiger partial charge in [-0.2, -0.15) is 0 Å². The Morgan fingerprint density at radius 3 is 2.62 bits per heavy atom. The van der Waals surface area contributed by atoms with Crippen LogP contribution in [0.15, 0.2) is 41.1 Å². The lowest BCUT2D eigenvalue weighted by molar-refractivity contribution is 0.572. The first-order valence-electron chi connectivity index (χ1n) is 4.77. The molecule has 5 heteroatoms. The van der Waals surface area contributed by atoms with Crippen LogP contribution in [0.25, 0.3) is 22.4 Å². The summed E-state index contributed by atoms with van der Waals surface area (Å²) in [5.41, 5.74) is 6.36. The fraction of sp³-hybridized carbons (Fsp3) is 0. The Morgan fingerprint density at radius 2 is 1.88 bits per heavy atom. The van der Waals surface area contributed by atoms with Crippen molar-refractivity contribution < 1.29 is 4.42 Å². The van der Waals surface area contributed by atoms with E-state index in [1.807, 2.05) is 24.3 Å². The molecular weight excluding hydrogens is 204 g/mol. The van der Waals surface area contributed by atoms with Crippen molar-refractivity contribution in [3.63, 3.8) is 0 Å². The van der Waals surface area contributed by atoms with E-state index in [4.69, 9.17) is 10.2 Å². The summed E-state index contributed by atoms with van der Waals surface area (Å²) in [5.74, 6) is 0.856. The Hall–Kier alpha value is -2.43. The van der Waals surface area contributed by atoms with Crippen LogP contribution in [-0.4, -0.2) is 15.2 Å². The van der Waals surface area contributed by atoms with E-state index >= 15 is 0 Å². The lowest BCUT2D eigenvalue weighted by atomic mass is 10.1. The van der Waals surface area contributed by atoms with Crippen molar-refractivity contribution in [3.8, 4) is 11.6 Å². The van der Waals surface area contributed by atoms with Crippen molar-refractivity contribution in [1.29, 1.82) is 0 Å². The number of oxazole rings is 1. The fourth-order valence-electron chi connectivity index (χ4n) is 1.62. The summed E-state index contributed by atoms with van der Waals surface area (Å²) in [5, 5.41) is 9.65. The maximum Gasteiger partial charge on any atom is 0.247 e. The van der Waals surface area contributed by atoms with Crippen LogP contribution in [0.5, 0.6) is 0 Å². The molecule has 5 nitrogen and oxygen atoms in total. The number of benzene rings is 1. The number of fused-ring (bicyclic) bond motifs is 1. The molecule has 0 atom stereocenters. The van der Waals surface area contributed by atoms with Crippen molar-refractivity contribution in [1.82, 2.24) is 15.2 Å². The highest BCUT2D eigenvalue weighted by Crippen LogP contribution is 2.26. The van der Waals surface area contributed by atoms with Crippen LogP contribution in [0.2, 0.25) is 0 Å². The normalized spacial score (nSPS) is 10.8. The van der Waals surface area contributed by atoms with Gasteiger partial charge >= 0.3 is 0 Å². The second-order valence-electron chi connectivity index (χ2n) is 3.32. The summed E-state index contributed by atoms with van der Waals surface area (Å²) in [6.45, 7) is 0. The highest BCUT2D eigenvalue weighted by molar-refractivity contribution is 5.97. The zero-order valence-electron chi connectivity index (χ0n) is 8.29. The van der Waals surface area contributed by atoms with Crippen LogP contribution in [0.3, 0.4) is 0 Å². The molecule has 1 aromatic carbocycles. The second kappa shape index (κ2) is 3.30. The van der Waals surface area contributed by atoms with Crippen LogP contribution >= 0.6 is 0 Å². The first-order chi connectivity index (χ1) is 7.86. The molecule has 0 radical (unpaired) electrons. The van der Waals surface area contributed by atoms with Gasteiger partial charge in [-0.25, -0.2) is 4.98 Å². The standard InChI is InChI=1S/C11H8N4O/c12-10-8-4-2-1-3-7(8)9(14-15-10)11-13-5-6-16-11/h1-6H,(H2,12,15). The van der Waals surface area contributed by atoms with Crippen molar-refractivity contribution in [2.24, 2.45) is 0 Å². The second-order valence-corrected chi connectivity index (χ2v) is 3.32. The molecule has 0 spiro atoms. The SMILES string of the molecule is Nc1nnc(-c2ncco2)c2ccccc12. The Labute approximate surface area is 90.9 Å². The van der Waals surface area contributed by atoms with Gasteiger partial charge in [0.15, 0.2) is 11.5 Å². The van der Waals surface area contributed by atoms with Crippen molar-refractivity contribution >= 4 is 16.6 Å². The highest BCUT2D eigenvalue weighted by Gasteiger charge is 2.11. The van der Waals surface area contributed by atoms with E-state index in [1.165, 1.54) is 6.26 Å². The summed E-state index contributed by atoms with van der Waals surface area (Å²) >= 11 is 0. The third-order valence-electron chi connectivity index (χ3n) is 2.35. The topological polar surface area (TPSA) is 77.8 Å². The van der Waals surface area contributed by atoms with Crippen molar-refractivity contribution in [3.05, 3.63) is 36.7 Å². The molecule has 2 N–H and O–H groups in total. The molecule has 0 saturated heterocycles. The molecule has 0 aliphatic heterocycles. The minimum atomic E-state index is 0.408. The number of hydrogen-bond donors (Lipinski definition) is 1. The van der Waals surface area contributed by atoms with Crippen LogP contribution < -0.4 is 5.73 Å². The van der Waals surface area contributed by atoms with E-state index in [9.17, 15) is 0 Å². The van der Waals surface area contributed by atoms with Crippen molar-refractivity contribution in [2.45, 2.75) is 0 Å². The first-order valence-corrected chi connectivity index (χ1v) is 4.77. The molecule has 16 heavy (non-hydrogen) atoms. The first kappa shape index (κ1) is 8.84. The number of nitrogens with two attached hydrogens (primary N) is 1. The third-order valence-corrected chi connectivity index (χ3v) is 2.35. The Bertz CT molecular complexity index is 634. The van der Waals surface area contributed by atoms with E-state index < -0.39 is 0 Å². The average Bonchev–Trinajstić information content (AvgIpc) is 2.83. The predicted octanol–water partition coefficient (Wildman–Crippen LogP) is 1.87. The van der Waals surface area contributed by atoms with Crippen LogP contribution in [-0.2, 0) is 0 Å². The molecule has 0 unspecified atom stereocenters. The van der Waals surface area contributed by atoms with Gasteiger partial charge in [-0.1, -0.05) is 24.3 Å². The van der Waals surface area contributed by atoms with Gasteiger partial charge in [-0.15, -0.1) is 10.2 Å². The Kier molecular flexibility index (Phi) is 1.83. The molecule has 3 rings (SSSR count). The van der Waals surface area contributed by atoms with Gasteiger partial charge in [0.1, 0.15) is 6.26 Å². The van der Waals surface area contributed by atoms with Gasteiger partial charge in [0, 0.05) is 10.8 Å². The Balaban J connectivity index is 2.39. The van der Waals surface area contributed by atoms with E-state index in [1.54, 1.807) is 6.20 Å². The largest absolute Gasteiger partial charge is 0.443 e. The molecule has 0 bridgehead atoms. The minimum absolute atomic E-state index is 0.408. The van der Waals surface area contributed by atoms with Crippen LogP contribution in [0, 0.1) is 0 Å². The van der Waals surface area contributed by atoms with Gasteiger partial charge in [-0.05, 0) is 0 Å². The number of hydrogen-bond acceptors (Lipinski definition) is 5. The van der Waals surface area contributed by atoms with Gasteiger partial charge < -0.3 is 10.2 Å². The summed E-state index contributed by atoms with van der Waals surface area (Å²) in [6, 6.07) is 7.63. The summed E-state index contributed by atoms with van der Waals surface area (Å²) in [7, 11) is 0. The van der Waals surface area contributed by atoms with Gasteiger partial charge in [0.05, 0.1) is 6.20 Å². The van der Waals surface area contributed by atoms with Crippen LogP contribution in [0.4, 0.5) is 5.82 Å². The maximum absolute atomic E-state index is 5.75. The molecule has 78 valence electrons. The number of aromatic nitrogens is 3. The molecule has 0 amide bonds. The lowest BCUT2D eigenvalue weighted by Crippen LogP contribution is -1.97. The molecule has 0 fully saturated rings. The molecule has 0 aliphatic carbocycles. The maximum atomic E-state index is 5.75.